The molecule has 4 rings (SSSR count). The van der Waals surface area contributed by atoms with Gasteiger partial charge in [0.1, 0.15) is 5.75 Å². The second-order valence-electron chi connectivity index (χ2n) is 7.45. The van der Waals surface area contributed by atoms with E-state index >= 15 is 0 Å². The Labute approximate surface area is 186 Å². The molecule has 5 nitrogen and oxygen atoms in total. The van der Waals surface area contributed by atoms with E-state index in [2.05, 4.69) is 24.9 Å². The maximum atomic E-state index is 13.6. The van der Waals surface area contributed by atoms with Gasteiger partial charge in [-0.3, -0.25) is 14.7 Å². The SMILES string of the molecule is CCCCOc1cccc(C(=O)N(Cc2cccnc2)c2nc3ccc(C)cc3s2)c1. The number of amides is 1. The lowest BCUT2D eigenvalue weighted by atomic mass is 10.1. The smallest absolute Gasteiger partial charge is 0.260 e. The molecular weight excluding hydrogens is 406 g/mol. The number of carbonyl (C=O) groups excluding carboxylic acids is 1. The number of aromatic nitrogens is 2. The molecule has 0 aliphatic carbocycles. The number of thiazole rings is 1. The van der Waals surface area contributed by atoms with Gasteiger partial charge in [-0.1, -0.05) is 42.9 Å². The fraction of sp³-hybridized carbons (Fsp3) is 0.240. The first-order valence-corrected chi connectivity index (χ1v) is 11.3. The standard InChI is InChI=1S/C25H25N3O2S/c1-3-4-13-30-21-9-5-8-20(15-21)24(29)28(17-19-7-6-12-26-16-19)25-27-22-11-10-18(2)14-23(22)31-25/h5-12,14-16H,3-4,13,17H2,1-2H3. The zero-order valence-corrected chi connectivity index (χ0v) is 18.6. The van der Waals surface area contributed by atoms with E-state index in [0.29, 0.717) is 29.6 Å². The van der Waals surface area contributed by atoms with E-state index in [1.165, 1.54) is 16.9 Å². The third-order valence-electron chi connectivity index (χ3n) is 4.92. The van der Waals surface area contributed by atoms with Crippen molar-refractivity contribution < 1.29 is 9.53 Å². The van der Waals surface area contributed by atoms with E-state index in [9.17, 15) is 4.79 Å². The monoisotopic (exact) mass is 431 g/mol. The van der Waals surface area contributed by atoms with E-state index in [0.717, 1.165) is 28.6 Å². The average Bonchev–Trinajstić information content (AvgIpc) is 3.21. The first-order valence-electron chi connectivity index (χ1n) is 10.4. The van der Waals surface area contributed by atoms with E-state index in [1.54, 1.807) is 17.3 Å². The van der Waals surface area contributed by atoms with Crippen molar-refractivity contribution in [3.05, 3.63) is 83.7 Å². The highest BCUT2D eigenvalue weighted by atomic mass is 32.1. The summed E-state index contributed by atoms with van der Waals surface area (Å²) >= 11 is 1.53. The second-order valence-corrected chi connectivity index (χ2v) is 8.46. The molecule has 0 saturated heterocycles. The van der Waals surface area contributed by atoms with Crippen molar-refractivity contribution in [1.82, 2.24) is 9.97 Å². The summed E-state index contributed by atoms with van der Waals surface area (Å²) in [5, 5.41) is 0.673. The number of nitrogens with zero attached hydrogens (tertiary/aromatic N) is 3. The zero-order chi connectivity index (χ0) is 21.6. The van der Waals surface area contributed by atoms with Gasteiger partial charge in [0.2, 0.25) is 0 Å². The Morgan fingerprint density at radius 2 is 2.03 bits per heavy atom. The Bertz CT molecular complexity index is 1170. The van der Waals surface area contributed by atoms with E-state index in [4.69, 9.17) is 9.72 Å². The van der Waals surface area contributed by atoms with Gasteiger partial charge in [0.25, 0.3) is 5.91 Å². The van der Waals surface area contributed by atoms with Crippen molar-refractivity contribution in [2.75, 3.05) is 11.5 Å². The Morgan fingerprint density at radius 3 is 2.84 bits per heavy atom. The Morgan fingerprint density at radius 1 is 1.13 bits per heavy atom. The van der Waals surface area contributed by atoms with Crippen molar-refractivity contribution in [2.24, 2.45) is 0 Å². The Hall–Kier alpha value is -3.25. The van der Waals surface area contributed by atoms with Crippen LogP contribution in [-0.2, 0) is 6.54 Å². The van der Waals surface area contributed by atoms with Crippen LogP contribution < -0.4 is 9.64 Å². The summed E-state index contributed by atoms with van der Waals surface area (Å²) in [6.45, 7) is 5.22. The van der Waals surface area contributed by atoms with Gasteiger partial charge in [-0.25, -0.2) is 4.98 Å². The number of benzene rings is 2. The molecule has 31 heavy (non-hydrogen) atoms. The summed E-state index contributed by atoms with van der Waals surface area (Å²) in [5.41, 5.74) is 3.59. The number of ether oxygens (including phenoxy) is 1. The highest BCUT2D eigenvalue weighted by Gasteiger charge is 2.22. The van der Waals surface area contributed by atoms with Crippen LogP contribution in [0.25, 0.3) is 10.2 Å². The van der Waals surface area contributed by atoms with E-state index in [-0.39, 0.29) is 5.91 Å². The molecule has 0 N–H and O–H groups in total. The normalized spacial score (nSPS) is 10.9. The van der Waals surface area contributed by atoms with Crippen LogP contribution in [-0.4, -0.2) is 22.5 Å². The number of aryl methyl sites for hydroxylation is 1. The molecule has 2 aromatic carbocycles. The maximum absolute atomic E-state index is 13.6. The molecule has 0 unspecified atom stereocenters. The molecule has 158 valence electrons. The number of fused-ring (bicyclic) bond motifs is 1. The molecular formula is C25H25N3O2S. The highest BCUT2D eigenvalue weighted by Crippen LogP contribution is 2.31. The quantitative estimate of drug-likeness (QED) is 0.320. The molecule has 0 radical (unpaired) electrons. The molecule has 1 amide bonds. The number of anilines is 1. The molecule has 0 atom stereocenters. The third-order valence-corrected chi connectivity index (χ3v) is 5.96. The van der Waals surface area contributed by atoms with Gasteiger partial charge in [0.15, 0.2) is 5.13 Å². The fourth-order valence-electron chi connectivity index (χ4n) is 3.24. The topological polar surface area (TPSA) is 55.3 Å². The van der Waals surface area contributed by atoms with Crippen LogP contribution >= 0.6 is 11.3 Å². The summed E-state index contributed by atoms with van der Waals surface area (Å²) in [4.78, 5) is 24.3. The van der Waals surface area contributed by atoms with E-state index in [1.807, 2.05) is 48.5 Å². The van der Waals surface area contributed by atoms with Crippen LogP contribution in [0.15, 0.2) is 67.0 Å². The largest absolute Gasteiger partial charge is 0.494 e. The van der Waals surface area contributed by atoms with Crippen molar-refractivity contribution in [3.8, 4) is 5.75 Å². The lowest BCUT2D eigenvalue weighted by molar-refractivity contribution is 0.0984. The first-order chi connectivity index (χ1) is 15.1. The third kappa shape index (κ3) is 5.09. The molecule has 0 fully saturated rings. The number of carbonyl (C=O) groups is 1. The summed E-state index contributed by atoms with van der Waals surface area (Å²) in [6, 6.07) is 17.4. The minimum Gasteiger partial charge on any atom is -0.494 e. The first kappa shape index (κ1) is 21.0. The molecule has 0 aliphatic heterocycles. The number of unbranched alkanes of at least 4 members (excludes halogenated alkanes) is 1. The van der Waals surface area contributed by atoms with Gasteiger partial charge in [-0.05, 0) is 60.9 Å². The summed E-state index contributed by atoms with van der Waals surface area (Å²) in [7, 11) is 0. The molecule has 6 heteroatoms. The predicted molar refractivity (Wildman–Crippen MR) is 126 cm³/mol. The van der Waals surface area contributed by atoms with Gasteiger partial charge in [-0.2, -0.15) is 0 Å². The number of hydrogen-bond acceptors (Lipinski definition) is 5. The lowest BCUT2D eigenvalue weighted by Gasteiger charge is -2.20. The molecule has 4 aromatic rings. The minimum atomic E-state index is -0.111. The van der Waals surface area contributed by atoms with Gasteiger partial charge in [0.05, 0.1) is 23.4 Å². The van der Waals surface area contributed by atoms with Gasteiger partial charge in [0, 0.05) is 18.0 Å². The fourth-order valence-corrected chi connectivity index (χ4v) is 4.31. The Balaban J connectivity index is 1.68. The van der Waals surface area contributed by atoms with Crippen molar-refractivity contribution in [2.45, 2.75) is 33.2 Å². The van der Waals surface area contributed by atoms with Crippen LogP contribution in [0.5, 0.6) is 5.75 Å². The summed E-state index contributed by atoms with van der Waals surface area (Å²) in [6.07, 6.45) is 5.56. The van der Waals surface area contributed by atoms with Gasteiger partial charge < -0.3 is 4.74 Å². The molecule has 0 aliphatic rings. The lowest BCUT2D eigenvalue weighted by Crippen LogP contribution is -2.30. The van der Waals surface area contributed by atoms with Crippen molar-refractivity contribution in [3.63, 3.8) is 0 Å². The molecule has 0 spiro atoms. The van der Waals surface area contributed by atoms with Gasteiger partial charge in [-0.15, -0.1) is 0 Å². The van der Waals surface area contributed by atoms with Crippen LogP contribution in [0.1, 0.15) is 41.3 Å². The molecule has 2 aromatic heterocycles. The number of hydrogen-bond donors (Lipinski definition) is 0. The van der Waals surface area contributed by atoms with Gasteiger partial charge >= 0.3 is 0 Å². The van der Waals surface area contributed by atoms with E-state index < -0.39 is 0 Å². The summed E-state index contributed by atoms with van der Waals surface area (Å²) < 4.78 is 6.87. The molecule has 2 heterocycles. The predicted octanol–water partition coefficient (Wildman–Crippen LogP) is 6.03. The van der Waals surface area contributed by atoms with Crippen LogP contribution in [0.4, 0.5) is 5.13 Å². The maximum Gasteiger partial charge on any atom is 0.260 e. The van der Waals surface area contributed by atoms with Crippen molar-refractivity contribution >= 4 is 32.6 Å². The second kappa shape index (κ2) is 9.71. The molecule has 0 saturated carbocycles. The van der Waals surface area contributed by atoms with Crippen LogP contribution in [0.3, 0.4) is 0 Å². The molecule has 0 bridgehead atoms. The highest BCUT2D eigenvalue weighted by molar-refractivity contribution is 7.22. The zero-order valence-electron chi connectivity index (χ0n) is 17.7. The summed E-state index contributed by atoms with van der Waals surface area (Å²) in [5.74, 6) is 0.598. The van der Waals surface area contributed by atoms with Crippen LogP contribution in [0, 0.1) is 6.92 Å². The minimum absolute atomic E-state index is 0.111. The van der Waals surface area contributed by atoms with Crippen LogP contribution in [0.2, 0.25) is 0 Å². The average molecular weight is 432 g/mol. The van der Waals surface area contributed by atoms with Crippen molar-refractivity contribution in [1.29, 1.82) is 0 Å². The number of pyridine rings is 1. The number of rotatable bonds is 8. The Kier molecular flexibility index (Phi) is 6.57.